The number of piperidine rings is 1. The number of fused-ring (bicyclic) bond motifs is 1. The van der Waals surface area contributed by atoms with Crippen LogP contribution in [-0.2, 0) is 9.59 Å². The van der Waals surface area contributed by atoms with Crippen LogP contribution in [0.4, 0.5) is 5.69 Å². The van der Waals surface area contributed by atoms with Crippen LogP contribution in [0.25, 0.3) is 0 Å². The Hall–Kier alpha value is -3.22. The molecule has 0 radical (unpaired) electrons. The molecular weight excluding hydrogens is 420 g/mol. The molecule has 2 amide bonds. The highest BCUT2D eigenvalue weighted by molar-refractivity contribution is 5.95. The van der Waals surface area contributed by atoms with Gasteiger partial charge in [0.05, 0.1) is 32.3 Å². The fraction of sp³-hybridized carbons (Fsp3) is 0.462. The molecule has 0 aromatic heterocycles. The molecule has 0 spiro atoms. The molecule has 2 atom stereocenters. The van der Waals surface area contributed by atoms with Gasteiger partial charge in [0.25, 0.3) is 0 Å². The number of nitrogens with one attached hydrogen (secondary N) is 1. The second kappa shape index (κ2) is 10.6. The number of rotatable bonds is 7. The maximum Gasteiger partial charge on any atom is 0.229 e. The number of carbonyl (C=O) groups is 2. The zero-order valence-corrected chi connectivity index (χ0v) is 19.3. The minimum absolute atomic E-state index is 0.0824. The molecule has 7 nitrogen and oxygen atoms in total. The highest BCUT2D eigenvalue weighted by Crippen LogP contribution is 2.41. The van der Waals surface area contributed by atoms with Gasteiger partial charge >= 0.3 is 0 Å². The molecule has 7 heteroatoms. The third-order valence-corrected chi connectivity index (χ3v) is 6.27. The van der Waals surface area contributed by atoms with Crippen LogP contribution in [0, 0.1) is 5.92 Å². The maximum atomic E-state index is 13.6. The SMILES string of the molecule is CCCCN1C(=O)CC[C@@H](C(=O)Nc2ccc3c(c2)OCCCO3)[C@H]1c1ccccc1OC. The molecule has 2 aromatic rings. The minimum atomic E-state index is -0.396. The summed E-state index contributed by atoms with van der Waals surface area (Å²) in [6, 6.07) is 12.7. The van der Waals surface area contributed by atoms with Crippen LogP contribution in [0.15, 0.2) is 42.5 Å². The van der Waals surface area contributed by atoms with E-state index in [-0.39, 0.29) is 17.9 Å². The second-order valence-electron chi connectivity index (χ2n) is 8.47. The summed E-state index contributed by atoms with van der Waals surface area (Å²) in [6.45, 7) is 3.91. The molecule has 0 aliphatic carbocycles. The number of hydrogen-bond acceptors (Lipinski definition) is 5. The van der Waals surface area contributed by atoms with E-state index in [2.05, 4.69) is 12.2 Å². The average molecular weight is 453 g/mol. The van der Waals surface area contributed by atoms with Crippen LogP contribution in [0.5, 0.6) is 17.2 Å². The number of anilines is 1. The van der Waals surface area contributed by atoms with Crippen molar-refractivity contribution in [2.75, 3.05) is 32.2 Å². The van der Waals surface area contributed by atoms with Gasteiger partial charge in [0.2, 0.25) is 11.8 Å². The van der Waals surface area contributed by atoms with E-state index in [9.17, 15) is 9.59 Å². The number of nitrogens with zero attached hydrogens (tertiary/aromatic N) is 1. The molecule has 1 N–H and O–H groups in total. The monoisotopic (exact) mass is 452 g/mol. The number of unbranched alkanes of at least 4 members (excludes halogenated alkanes) is 1. The largest absolute Gasteiger partial charge is 0.496 e. The van der Waals surface area contributed by atoms with Crippen molar-refractivity contribution in [2.45, 2.75) is 45.1 Å². The van der Waals surface area contributed by atoms with Gasteiger partial charge in [-0.3, -0.25) is 9.59 Å². The van der Waals surface area contributed by atoms with Crippen LogP contribution in [0.1, 0.15) is 50.6 Å². The first-order chi connectivity index (χ1) is 16.1. The number of ether oxygens (including phenoxy) is 3. The van der Waals surface area contributed by atoms with Crippen molar-refractivity contribution in [1.82, 2.24) is 4.90 Å². The topological polar surface area (TPSA) is 77.1 Å². The lowest BCUT2D eigenvalue weighted by Gasteiger charge is -2.41. The summed E-state index contributed by atoms with van der Waals surface area (Å²) in [6.07, 6.45) is 3.51. The highest BCUT2D eigenvalue weighted by atomic mass is 16.5. The number of hydrogen-bond donors (Lipinski definition) is 1. The van der Waals surface area contributed by atoms with E-state index in [4.69, 9.17) is 14.2 Å². The standard InChI is InChI=1S/C26H32N2O5/c1-3-4-14-28-24(29)13-11-20(25(28)19-8-5-6-9-21(19)31-2)26(30)27-18-10-12-22-23(17-18)33-16-7-15-32-22/h5-6,8-10,12,17,20,25H,3-4,7,11,13-16H2,1-2H3,(H,27,30)/t20-,25-/m1/s1. The lowest BCUT2D eigenvalue weighted by atomic mass is 9.83. The number of benzene rings is 2. The van der Waals surface area contributed by atoms with Crippen molar-refractivity contribution >= 4 is 17.5 Å². The lowest BCUT2D eigenvalue weighted by Crippen LogP contribution is -2.47. The summed E-state index contributed by atoms with van der Waals surface area (Å²) < 4.78 is 17.1. The first-order valence-corrected chi connectivity index (χ1v) is 11.7. The van der Waals surface area contributed by atoms with Gasteiger partial charge in [0, 0.05) is 36.7 Å². The number of methoxy groups -OCH3 is 1. The third-order valence-electron chi connectivity index (χ3n) is 6.27. The Morgan fingerprint density at radius 2 is 1.94 bits per heavy atom. The summed E-state index contributed by atoms with van der Waals surface area (Å²) in [5.41, 5.74) is 1.52. The predicted molar refractivity (Wildman–Crippen MR) is 126 cm³/mol. The van der Waals surface area contributed by atoms with Gasteiger partial charge in [0.1, 0.15) is 5.75 Å². The zero-order valence-electron chi connectivity index (χ0n) is 19.3. The Morgan fingerprint density at radius 3 is 2.73 bits per heavy atom. The Kier molecular flexibility index (Phi) is 7.37. The van der Waals surface area contributed by atoms with Gasteiger partial charge in [0.15, 0.2) is 11.5 Å². The van der Waals surface area contributed by atoms with Crippen LogP contribution < -0.4 is 19.5 Å². The van der Waals surface area contributed by atoms with Gasteiger partial charge in [-0.25, -0.2) is 0 Å². The first-order valence-electron chi connectivity index (χ1n) is 11.7. The zero-order chi connectivity index (χ0) is 23.2. The second-order valence-corrected chi connectivity index (χ2v) is 8.47. The van der Waals surface area contributed by atoms with Crippen molar-refractivity contribution in [3.63, 3.8) is 0 Å². The van der Waals surface area contributed by atoms with Crippen molar-refractivity contribution in [1.29, 1.82) is 0 Å². The number of amides is 2. The molecule has 33 heavy (non-hydrogen) atoms. The van der Waals surface area contributed by atoms with E-state index in [0.29, 0.717) is 55.5 Å². The minimum Gasteiger partial charge on any atom is -0.496 e. The van der Waals surface area contributed by atoms with Crippen LogP contribution in [0.3, 0.4) is 0 Å². The van der Waals surface area contributed by atoms with Crippen LogP contribution in [0.2, 0.25) is 0 Å². The van der Waals surface area contributed by atoms with Crippen molar-refractivity contribution in [2.24, 2.45) is 5.92 Å². The van der Waals surface area contributed by atoms with Crippen LogP contribution >= 0.6 is 0 Å². The molecular formula is C26H32N2O5. The van der Waals surface area contributed by atoms with Gasteiger partial charge in [-0.1, -0.05) is 31.5 Å². The molecule has 0 unspecified atom stereocenters. The van der Waals surface area contributed by atoms with Crippen molar-refractivity contribution in [3.05, 3.63) is 48.0 Å². The first kappa shape index (κ1) is 23.0. The normalized spacial score (nSPS) is 20.2. The Bertz CT molecular complexity index is 992. The molecule has 176 valence electrons. The van der Waals surface area contributed by atoms with Gasteiger partial charge in [-0.05, 0) is 31.0 Å². The van der Waals surface area contributed by atoms with Gasteiger partial charge < -0.3 is 24.4 Å². The summed E-state index contributed by atoms with van der Waals surface area (Å²) in [5.74, 6) is 1.58. The fourth-order valence-electron chi connectivity index (χ4n) is 4.59. The number of para-hydroxylation sites is 1. The molecule has 4 rings (SSSR count). The Labute approximate surface area is 195 Å². The number of carbonyl (C=O) groups excluding carboxylic acids is 2. The molecule has 2 aliphatic heterocycles. The molecule has 2 heterocycles. The van der Waals surface area contributed by atoms with Gasteiger partial charge in [-0.15, -0.1) is 0 Å². The molecule has 1 fully saturated rings. The van der Waals surface area contributed by atoms with Crippen molar-refractivity contribution in [3.8, 4) is 17.2 Å². The van der Waals surface area contributed by atoms with E-state index in [1.807, 2.05) is 41.3 Å². The van der Waals surface area contributed by atoms with E-state index in [1.165, 1.54) is 0 Å². The fourth-order valence-corrected chi connectivity index (χ4v) is 4.59. The average Bonchev–Trinajstić information content (AvgIpc) is 3.08. The van der Waals surface area contributed by atoms with E-state index in [0.717, 1.165) is 24.8 Å². The molecule has 0 saturated carbocycles. The maximum absolute atomic E-state index is 13.6. The Balaban J connectivity index is 1.63. The summed E-state index contributed by atoms with van der Waals surface area (Å²) in [5, 5.41) is 3.06. The summed E-state index contributed by atoms with van der Waals surface area (Å²) in [4.78, 5) is 28.3. The quantitative estimate of drug-likeness (QED) is 0.666. The Morgan fingerprint density at radius 1 is 1.15 bits per heavy atom. The lowest BCUT2D eigenvalue weighted by molar-refractivity contribution is -0.142. The van der Waals surface area contributed by atoms with Crippen LogP contribution in [-0.4, -0.2) is 43.6 Å². The summed E-state index contributed by atoms with van der Waals surface area (Å²) >= 11 is 0. The van der Waals surface area contributed by atoms with E-state index in [1.54, 1.807) is 13.2 Å². The van der Waals surface area contributed by atoms with E-state index < -0.39 is 5.92 Å². The summed E-state index contributed by atoms with van der Waals surface area (Å²) in [7, 11) is 1.62. The molecule has 2 aliphatic rings. The molecule has 0 bridgehead atoms. The molecule has 2 aromatic carbocycles. The van der Waals surface area contributed by atoms with Crippen molar-refractivity contribution < 1.29 is 23.8 Å². The highest BCUT2D eigenvalue weighted by Gasteiger charge is 2.41. The third kappa shape index (κ3) is 5.07. The molecule has 1 saturated heterocycles. The van der Waals surface area contributed by atoms with E-state index >= 15 is 0 Å². The number of likely N-dealkylation sites (tertiary alicyclic amines) is 1. The smallest absolute Gasteiger partial charge is 0.229 e. The predicted octanol–water partition coefficient (Wildman–Crippen LogP) is 4.58. The van der Waals surface area contributed by atoms with Gasteiger partial charge in [-0.2, -0.15) is 0 Å².